The third kappa shape index (κ3) is 3.03. The Balaban J connectivity index is 1.82. The summed E-state index contributed by atoms with van der Waals surface area (Å²) in [5.41, 5.74) is 3.25. The molecule has 0 radical (unpaired) electrons. The van der Waals surface area contributed by atoms with Crippen molar-refractivity contribution in [3.8, 4) is 5.75 Å². The highest BCUT2D eigenvalue weighted by Crippen LogP contribution is 2.25. The molecule has 0 bridgehead atoms. The van der Waals surface area contributed by atoms with Gasteiger partial charge in [0.1, 0.15) is 11.4 Å². The number of nitrogens with one attached hydrogen (secondary N) is 2. The van der Waals surface area contributed by atoms with Crippen LogP contribution in [0.15, 0.2) is 42.5 Å². The smallest absolute Gasteiger partial charge is 0.268 e. The molecule has 0 aliphatic rings. The van der Waals surface area contributed by atoms with Crippen molar-refractivity contribution in [2.45, 2.75) is 13.5 Å². The van der Waals surface area contributed by atoms with Crippen molar-refractivity contribution in [1.29, 1.82) is 0 Å². The van der Waals surface area contributed by atoms with Crippen LogP contribution in [0.1, 0.15) is 21.6 Å². The predicted molar refractivity (Wildman–Crippen MR) is 92.2 cm³/mol. The molecule has 118 valence electrons. The van der Waals surface area contributed by atoms with E-state index in [0.29, 0.717) is 17.3 Å². The van der Waals surface area contributed by atoms with Gasteiger partial charge in [0.15, 0.2) is 0 Å². The standard InChI is InChI=1S/C18H17ClN2O2/c1-11-14-8-7-13(19)9-15(14)21-17(11)18(22)20-10-12-5-3-4-6-16(12)23-2/h3-9,21H,10H2,1-2H3,(H,20,22). The number of carbonyl (C=O) groups is 1. The van der Waals surface area contributed by atoms with E-state index in [1.165, 1.54) is 0 Å². The van der Waals surface area contributed by atoms with E-state index in [9.17, 15) is 4.79 Å². The van der Waals surface area contributed by atoms with E-state index in [-0.39, 0.29) is 5.91 Å². The highest BCUT2D eigenvalue weighted by Gasteiger charge is 2.15. The highest BCUT2D eigenvalue weighted by molar-refractivity contribution is 6.31. The minimum absolute atomic E-state index is 0.152. The maximum absolute atomic E-state index is 12.5. The van der Waals surface area contributed by atoms with Crippen LogP contribution in [0.25, 0.3) is 10.9 Å². The lowest BCUT2D eigenvalue weighted by Gasteiger charge is -2.09. The van der Waals surface area contributed by atoms with E-state index in [1.807, 2.05) is 49.4 Å². The molecular weight excluding hydrogens is 312 g/mol. The number of hydrogen-bond donors (Lipinski definition) is 2. The summed E-state index contributed by atoms with van der Waals surface area (Å²) in [5.74, 6) is 0.605. The summed E-state index contributed by atoms with van der Waals surface area (Å²) in [6.45, 7) is 2.32. The topological polar surface area (TPSA) is 54.1 Å². The van der Waals surface area contributed by atoms with Crippen LogP contribution in [-0.4, -0.2) is 18.0 Å². The lowest BCUT2D eigenvalue weighted by molar-refractivity contribution is 0.0946. The summed E-state index contributed by atoms with van der Waals surface area (Å²) in [5, 5.41) is 4.56. The molecule has 0 saturated carbocycles. The second kappa shape index (κ2) is 6.34. The van der Waals surface area contributed by atoms with Crippen LogP contribution in [-0.2, 0) is 6.54 Å². The molecule has 0 aliphatic heterocycles. The van der Waals surface area contributed by atoms with Gasteiger partial charge in [-0.3, -0.25) is 4.79 Å². The number of carbonyl (C=O) groups excluding carboxylic acids is 1. The summed E-state index contributed by atoms with van der Waals surface area (Å²) in [6.07, 6.45) is 0. The zero-order valence-corrected chi connectivity index (χ0v) is 13.7. The lowest BCUT2D eigenvalue weighted by Crippen LogP contribution is -2.24. The Morgan fingerprint density at radius 3 is 2.83 bits per heavy atom. The molecule has 0 saturated heterocycles. The van der Waals surface area contributed by atoms with Crippen molar-refractivity contribution in [2.75, 3.05) is 7.11 Å². The number of hydrogen-bond acceptors (Lipinski definition) is 2. The number of amides is 1. The number of aryl methyl sites for hydroxylation is 1. The average Bonchev–Trinajstić information content (AvgIpc) is 2.89. The van der Waals surface area contributed by atoms with Gasteiger partial charge in [0.05, 0.1) is 7.11 Å². The molecule has 1 heterocycles. The molecule has 5 heteroatoms. The second-order valence-electron chi connectivity index (χ2n) is 5.31. The van der Waals surface area contributed by atoms with Crippen LogP contribution in [0.5, 0.6) is 5.75 Å². The molecule has 1 aromatic heterocycles. The zero-order valence-electron chi connectivity index (χ0n) is 12.9. The number of halogens is 1. The summed E-state index contributed by atoms with van der Waals surface area (Å²) >= 11 is 6.00. The molecule has 0 aliphatic carbocycles. The first-order valence-electron chi connectivity index (χ1n) is 7.28. The number of ether oxygens (including phenoxy) is 1. The Kier molecular flexibility index (Phi) is 4.26. The summed E-state index contributed by atoms with van der Waals surface area (Å²) in [4.78, 5) is 15.6. The molecule has 23 heavy (non-hydrogen) atoms. The van der Waals surface area contributed by atoms with E-state index >= 15 is 0 Å². The van der Waals surface area contributed by atoms with Crippen molar-refractivity contribution < 1.29 is 9.53 Å². The highest BCUT2D eigenvalue weighted by atomic mass is 35.5. The van der Waals surface area contributed by atoms with Crippen molar-refractivity contribution in [1.82, 2.24) is 10.3 Å². The number of H-pyrrole nitrogens is 1. The number of aromatic nitrogens is 1. The first-order valence-corrected chi connectivity index (χ1v) is 7.66. The van der Waals surface area contributed by atoms with Gasteiger partial charge in [0.2, 0.25) is 0 Å². The predicted octanol–water partition coefficient (Wildman–Crippen LogP) is 4.07. The van der Waals surface area contributed by atoms with E-state index in [4.69, 9.17) is 16.3 Å². The minimum atomic E-state index is -0.152. The molecule has 2 N–H and O–H groups in total. The van der Waals surface area contributed by atoms with Gasteiger partial charge in [-0.1, -0.05) is 35.9 Å². The number of methoxy groups -OCH3 is 1. The van der Waals surface area contributed by atoms with Gasteiger partial charge in [0.25, 0.3) is 5.91 Å². The van der Waals surface area contributed by atoms with E-state index in [0.717, 1.165) is 27.8 Å². The molecule has 0 unspecified atom stereocenters. The van der Waals surface area contributed by atoms with Crippen molar-refractivity contribution in [3.05, 3.63) is 64.3 Å². The maximum Gasteiger partial charge on any atom is 0.268 e. The van der Waals surface area contributed by atoms with E-state index < -0.39 is 0 Å². The molecule has 4 nitrogen and oxygen atoms in total. The van der Waals surface area contributed by atoms with Crippen LogP contribution in [0.3, 0.4) is 0 Å². The summed E-state index contributed by atoms with van der Waals surface area (Å²) in [7, 11) is 1.62. The quantitative estimate of drug-likeness (QED) is 0.758. The average molecular weight is 329 g/mol. The Hall–Kier alpha value is -2.46. The van der Waals surface area contributed by atoms with Crippen LogP contribution in [0, 0.1) is 6.92 Å². The largest absolute Gasteiger partial charge is 0.496 e. The molecule has 3 aromatic rings. The fraction of sp³-hybridized carbons (Fsp3) is 0.167. The number of rotatable bonds is 4. The number of benzene rings is 2. The minimum Gasteiger partial charge on any atom is -0.496 e. The van der Waals surface area contributed by atoms with Crippen molar-refractivity contribution >= 4 is 28.4 Å². The summed E-state index contributed by atoms with van der Waals surface area (Å²) < 4.78 is 5.29. The second-order valence-corrected chi connectivity index (χ2v) is 5.75. The third-order valence-corrected chi connectivity index (χ3v) is 4.11. The third-order valence-electron chi connectivity index (χ3n) is 3.88. The number of aromatic amines is 1. The molecule has 0 fully saturated rings. The Morgan fingerprint density at radius 1 is 1.26 bits per heavy atom. The first-order chi connectivity index (χ1) is 11.1. The normalized spacial score (nSPS) is 10.7. The fourth-order valence-corrected chi connectivity index (χ4v) is 2.82. The SMILES string of the molecule is COc1ccccc1CNC(=O)c1[nH]c2cc(Cl)ccc2c1C. The van der Waals surface area contributed by atoms with Gasteiger partial charge < -0.3 is 15.0 Å². The van der Waals surface area contributed by atoms with Gasteiger partial charge in [-0.2, -0.15) is 0 Å². The van der Waals surface area contributed by atoms with Crippen molar-refractivity contribution in [2.24, 2.45) is 0 Å². The molecule has 0 spiro atoms. The van der Waals surface area contributed by atoms with Gasteiger partial charge in [-0.05, 0) is 30.7 Å². The van der Waals surface area contributed by atoms with Crippen LogP contribution in [0.4, 0.5) is 0 Å². The number of para-hydroxylation sites is 1. The van der Waals surface area contributed by atoms with Crippen molar-refractivity contribution in [3.63, 3.8) is 0 Å². The Labute approximate surface area is 139 Å². The molecule has 3 rings (SSSR count). The summed E-state index contributed by atoms with van der Waals surface area (Å²) in [6, 6.07) is 13.2. The molecule has 0 atom stereocenters. The Morgan fingerprint density at radius 2 is 2.04 bits per heavy atom. The fourth-order valence-electron chi connectivity index (χ4n) is 2.65. The lowest BCUT2D eigenvalue weighted by atomic mass is 10.1. The maximum atomic E-state index is 12.5. The van der Waals surface area contributed by atoms with Crippen LogP contribution < -0.4 is 10.1 Å². The first kappa shape index (κ1) is 15.4. The molecule has 1 amide bonds. The molecule has 2 aromatic carbocycles. The number of fused-ring (bicyclic) bond motifs is 1. The monoisotopic (exact) mass is 328 g/mol. The van der Waals surface area contributed by atoms with Crippen LogP contribution >= 0.6 is 11.6 Å². The van der Waals surface area contributed by atoms with Gasteiger partial charge in [-0.15, -0.1) is 0 Å². The van der Waals surface area contributed by atoms with E-state index in [2.05, 4.69) is 10.3 Å². The Bertz CT molecular complexity index is 871. The molecular formula is C18H17ClN2O2. The van der Waals surface area contributed by atoms with Crippen LogP contribution in [0.2, 0.25) is 5.02 Å². The van der Waals surface area contributed by atoms with Gasteiger partial charge in [-0.25, -0.2) is 0 Å². The van der Waals surface area contributed by atoms with Gasteiger partial charge >= 0.3 is 0 Å². The van der Waals surface area contributed by atoms with E-state index in [1.54, 1.807) is 7.11 Å². The zero-order chi connectivity index (χ0) is 16.4. The van der Waals surface area contributed by atoms with Gasteiger partial charge in [0, 0.05) is 28.0 Å².